The van der Waals surface area contributed by atoms with Gasteiger partial charge in [0.2, 0.25) is 0 Å². The molecule has 0 N–H and O–H groups in total. The van der Waals surface area contributed by atoms with E-state index in [1.165, 1.54) is 96.3 Å². The van der Waals surface area contributed by atoms with Gasteiger partial charge in [0.1, 0.15) is 12.1 Å². The summed E-state index contributed by atoms with van der Waals surface area (Å²) in [5, 5.41) is 19.8. The molecule has 1 aromatic carbocycles. The Kier molecular flexibility index (Phi) is 8.61. The normalized spacial score (nSPS) is 22.7. The van der Waals surface area contributed by atoms with E-state index in [1.54, 1.807) is 0 Å². The Labute approximate surface area is 178 Å². The first-order chi connectivity index (χ1) is 14.3. The van der Waals surface area contributed by atoms with Gasteiger partial charge in [0, 0.05) is 0 Å². The number of hydrogen-bond acceptors (Lipinski definition) is 2. The second kappa shape index (κ2) is 11.4. The summed E-state index contributed by atoms with van der Waals surface area (Å²) in [5.74, 6) is 1.81. The molecule has 29 heavy (non-hydrogen) atoms. The van der Waals surface area contributed by atoms with E-state index in [2.05, 4.69) is 31.2 Å². The van der Waals surface area contributed by atoms with Crippen LogP contribution in [0.5, 0.6) is 0 Å². The minimum absolute atomic E-state index is 0.466. The van der Waals surface area contributed by atoms with E-state index in [0.717, 1.165) is 17.0 Å². The maximum absolute atomic E-state index is 9.92. The first kappa shape index (κ1) is 21.9. The van der Waals surface area contributed by atoms with E-state index >= 15 is 0 Å². The van der Waals surface area contributed by atoms with Crippen molar-refractivity contribution in [2.75, 3.05) is 0 Å². The monoisotopic (exact) mass is 390 g/mol. The van der Waals surface area contributed by atoms with Crippen molar-refractivity contribution in [1.29, 1.82) is 10.5 Å². The van der Waals surface area contributed by atoms with Gasteiger partial charge in [-0.1, -0.05) is 76.8 Å². The lowest BCUT2D eigenvalue weighted by atomic mass is 9.74. The number of hydrogen-bond donors (Lipinski definition) is 0. The van der Waals surface area contributed by atoms with Gasteiger partial charge in [-0.05, 0) is 67.4 Å². The van der Waals surface area contributed by atoms with Crippen molar-refractivity contribution in [2.45, 2.75) is 115 Å². The second-order valence-electron chi connectivity index (χ2n) is 9.47. The Balaban J connectivity index is 1.64. The van der Waals surface area contributed by atoms with Crippen LogP contribution in [0.2, 0.25) is 0 Å². The van der Waals surface area contributed by atoms with Crippen LogP contribution in [0.15, 0.2) is 12.1 Å². The number of unbranched alkanes of at least 4 members (excludes halogenated alkanes) is 4. The van der Waals surface area contributed by atoms with Gasteiger partial charge in [0.25, 0.3) is 0 Å². The zero-order valence-corrected chi connectivity index (χ0v) is 18.4. The zero-order chi connectivity index (χ0) is 20.5. The largest absolute Gasteiger partial charge is 0.192 e. The standard InChI is InChI=1S/C27H38N2/c1-2-3-4-5-7-10-21-13-15-23(16-14-21)25-18-17-24(22-11-8-6-9-12-22)26(19-28)27(25)20-29/h17-18,21-23H,2-16H2,1H3. The third kappa shape index (κ3) is 5.63. The molecule has 0 unspecified atom stereocenters. The van der Waals surface area contributed by atoms with E-state index in [1.807, 2.05) is 0 Å². The van der Waals surface area contributed by atoms with Crippen LogP contribution >= 0.6 is 0 Å². The van der Waals surface area contributed by atoms with Crippen LogP contribution < -0.4 is 0 Å². The van der Waals surface area contributed by atoms with E-state index < -0.39 is 0 Å². The molecule has 0 atom stereocenters. The summed E-state index contributed by atoms with van der Waals surface area (Å²) in [6, 6.07) is 9.26. The van der Waals surface area contributed by atoms with E-state index in [9.17, 15) is 10.5 Å². The Hall–Kier alpha value is -1.80. The summed E-state index contributed by atoms with van der Waals surface area (Å²) in [7, 11) is 0. The Morgan fingerprint density at radius 3 is 1.83 bits per heavy atom. The van der Waals surface area contributed by atoms with Crippen molar-refractivity contribution < 1.29 is 0 Å². The van der Waals surface area contributed by atoms with Crippen molar-refractivity contribution in [2.24, 2.45) is 5.92 Å². The fourth-order valence-electron chi connectivity index (χ4n) is 5.77. The molecular weight excluding hydrogens is 352 g/mol. The summed E-state index contributed by atoms with van der Waals surface area (Å²) in [6.07, 6.45) is 19.3. The zero-order valence-electron chi connectivity index (χ0n) is 18.4. The Morgan fingerprint density at radius 1 is 0.724 bits per heavy atom. The SMILES string of the molecule is CCCCCCCC1CCC(c2ccc(C3CCCCC3)c(C#N)c2C#N)CC1. The molecule has 0 amide bonds. The molecule has 2 aliphatic carbocycles. The molecule has 0 saturated heterocycles. The van der Waals surface area contributed by atoms with Crippen molar-refractivity contribution in [3.05, 3.63) is 34.4 Å². The van der Waals surface area contributed by atoms with Gasteiger partial charge in [-0.25, -0.2) is 0 Å². The molecule has 2 fully saturated rings. The maximum atomic E-state index is 9.92. The highest BCUT2D eigenvalue weighted by Crippen LogP contribution is 2.42. The molecule has 0 spiro atoms. The van der Waals surface area contributed by atoms with Crippen LogP contribution in [-0.2, 0) is 0 Å². The quantitative estimate of drug-likeness (QED) is 0.421. The van der Waals surface area contributed by atoms with Gasteiger partial charge in [-0.3, -0.25) is 0 Å². The number of nitrogens with zero attached hydrogens (tertiary/aromatic N) is 2. The van der Waals surface area contributed by atoms with Gasteiger partial charge < -0.3 is 0 Å². The summed E-state index contributed by atoms with van der Waals surface area (Å²) < 4.78 is 0. The molecule has 0 heterocycles. The third-order valence-electron chi connectivity index (χ3n) is 7.54. The lowest BCUT2D eigenvalue weighted by Gasteiger charge is -2.30. The fourth-order valence-corrected chi connectivity index (χ4v) is 5.77. The molecule has 2 saturated carbocycles. The molecule has 0 aliphatic heterocycles. The van der Waals surface area contributed by atoms with Gasteiger partial charge in [0.05, 0.1) is 11.1 Å². The van der Waals surface area contributed by atoms with E-state index in [-0.39, 0.29) is 0 Å². The third-order valence-corrected chi connectivity index (χ3v) is 7.54. The average Bonchev–Trinajstić information content (AvgIpc) is 2.79. The van der Waals surface area contributed by atoms with E-state index in [4.69, 9.17) is 0 Å². The number of nitriles is 2. The fraction of sp³-hybridized carbons (Fsp3) is 0.704. The Morgan fingerprint density at radius 2 is 1.28 bits per heavy atom. The summed E-state index contributed by atoms with van der Waals surface area (Å²) in [4.78, 5) is 0. The molecule has 0 bridgehead atoms. The van der Waals surface area contributed by atoms with Crippen molar-refractivity contribution in [1.82, 2.24) is 0 Å². The summed E-state index contributed by atoms with van der Waals surface area (Å²) in [5.41, 5.74) is 3.69. The molecule has 2 heteroatoms. The number of benzene rings is 1. The highest BCUT2D eigenvalue weighted by atomic mass is 14.4. The lowest BCUT2D eigenvalue weighted by molar-refractivity contribution is 0.301. The molecule has 2 nitrogen and oxygen atoms in total. The highest BCUT2D eigenvalue weighted by molar-refractivity contribution is 5.56. The molecule has 3 rings (SSSR count). The first-order valence-corrected chi connectivity index (χ1v) is 12.3. The van der Waals surface area contributed by atoms with Crippen LogP contribution in [0.4, 0.5) is 0 Å². The smallest absolute Gasteiger partial charge is 0.101 e. The van der Waals surface area contributed by atoms with Gasteiger partial charge in [-0.15, -0.1) is 0 Å². The molecular formula is C27H38N2. The first-order valence-electron chi connectivity index (χ1n) is 12.3. The molecule has 2 aliphatic rings. The van der Waals surface area contributed by atoms with Gasteiger partial charge in [0.15, 0.2) is 0 Å². The molecule has 156 valence electrons. The predicted molar refractivity (Wildman–Crippen MR) is 120 cm³/mol. The van der Waals surface area contributed by atoms with Crippen molar-refractivity contribution >= 4 is 0 Å². The minimum Gasteiger partial charge on any atom is -0.192 e. The second-order valence-corrected chi connectivity index (χ2v) is 9.47. The predicted octanol–water partition coefficient (Wildman–Crippen LogP) is 8.11. The summed E-state index contributed by atoms with van der Waals surface area (Å²) >= 11 is 0. The van der Waals surface area contributed by atoms with Crippen molar-refractivity contribution in [3.8, 4) is 12.1 Å². The van der Waals surface area contributed by atoms with Crippen molar-refractivity contribution in [3.63, 3.8) is 0 Å². The highest BCUT2D eigenvalue weighted by Gasteiger charge is 2.27. The molecule has 0 aromatic heterocycles. The van der Waals surface area contributed by atoms with Crippen LogP contribution in [-0.4, -0.2) is 0 Å². The van der Waals surface area contributed by atoms with Crippen LogP contribution in [0.1, 0.15) is 137 Å². The number of rotatable bonds is 8. The lowest BCUT2D eigenvalue weighted by Crippen LogP contribution is -2.16. The average molecular weight is 391 g/mol. The minimum atomic E-state index is 0.466. The summed E-state index contributed by atoms with van der Waals surface area (Å²) in [6.45, 7) is 2.27. The van der Waals surface area contributed by atoms with Gasteiger partial charge in [-0.2, -0.15) is 10.5 Å². The maximum Gasteiger partial charge on any atom is 0.101 e. The van der Waals surface area contributed by atoms with Gasteiger partial charge >= 0.3 is 0 Å². The topological polar surface area (TPSA) is 47.6 Å². The molecule has 1 aromatic rings. The van der Waals surface area contributed by atoms with Crippen LogP contribution in [0.25, 0.3) is 0 Å². The van der Waals surface area contributed by atoms with Crippen LogP contribution in [0.3, 0.4) is 0 Å². The molecule has 0 radical (unpaired) electrons. The van der Waals surface area contributed by atoms with Crippen LogP contribution in [0, 0.1) is 28.6 Å². The Bertz CT molecular complexity index is 722. The van der Waals surface area contributed by atoms with E-state index in [0.29, 0.717) is 23.0 Å².